The highest BCUT2D eigenvalue weighted by atomic mass is 16.2. The quantitative estimate of drug-likeness (QED) is 0.907. The third-order valence-corrected chi connectivity index (χ3v) is 4.46. The van der Waals surface area contributed by atoms with Crippen LogP contribution < -0.4 is 10.6 Å². The van der Waals surface area contributed by atoms with Gasteiger partial charge < -0.3 is 15.2 Å². The van der Waals surface area contributed by atoms with Crippen LogP contribution in [0, 0.1) is 12.8 Å². The van der Waals surface area contributed by atoms with E-state index in [0.717, 1.165) is 30.0 Å². The number of imidazole rings is 1. The van der Waals surface area contributed by atoms with Crippen LogP contribution in [0.1, 0.15) is 24.2 Å². The number of primary amides is 1. The summed E-state index contributed by atoms with van der Waals surface area (Å²) in [4.78, 5) is 30.3. The maximum absolute atomic E-state index is 13.1. The number of aryl methyl sites for hydroxylation is 2. The van der Waals surface area contributed by atoms with E-state index in [1.54, 1.807) is 11.1 Å². The number of aromatic nitrogens is 2. The Morgan fingerprint density at radius 1 is 1.42 bits per heavy atom. The molecule has 6 heteroatoms. The standard InChI is InChI=1S/C18H22N4O2/c1-13-3-2-4-15(11-13)22(9-6-16(19)23)18(24)14-5-8-21-10-7-20-17(21)12-14/h2-4,7,10-11,14H,5-6,8-9,12H2,1H3,(H2,19,23). The second kappa shape index (κ2) is 6.86. The summed E-state index contributed by atoms with van der Waals surface area (Å²) in [6.07, 6.45) is 5.28. The van der Waals surface area contributed by atoms with Crippen LogP contribution in [0.15, 0.2) is 36.7 Å². The molecule has 2 heterocycles. The first kappa shape index (κ1) is 16.2. The molecular formula is C18H22N4O2. The number of nitrogens with two attached hydrogens (primary N) is 1. The number of carbonyl (C=O) groups excluding carboxylic acids is 2. The first-order valence-corrected chi connectivity index (χ1v) is 8.21. The molecule has 1 aromatic carbocycles. The van der Waals surface area contributed by atoms with Crippen LogP contribution in [0.2, 0.25) is 0 Å². The van der Waals surface area contributed by atoms with E-state index >= 15 is 0 Å². The van der Waals surface area contributed by atoms with Gasteiger partial charge in [-0.15, -0.1) is 0 Å². The summed E-state index contributed by atoms with van der Waals surface area (Å²) in [5.41, 5.74) is 7.17. The molecule has 126 valence electrons. The highest BCUT2D eigenvalue weighted by Crippen LogP contribution is 2.25. The molecule has 0 fully saturated rings. The van der Waals surface area contributed by atoms with Crippen molar-refractivity contribution in [1.82, 2.24) is 9.55 Å². The number of amides is 2. The minimum absolute atomic E-state index is 0.0381. The number of hydrogen-bond donors (Lipinski definition) is 1. The number of carbonyl (C=O) groups is 2. The Morgan fingerprint density at radius 2 is 2.25 bits per heavy atom. The predicted molar refractivity (Wildman–Crippen MR) is 91.4 cm³/mol. The van der Waals surface area contributed by atoms with Crippen LogP contribution in [0.5, 0.6) is 0 Å². The van der Waals surface area contributed by atoms with Crippen LogP contribution >= 0.6 is 0 Å². The van der Waals surface area contributed by atoms with Gasteiger partial charge in [0.15, 0.2) is 0 Å². The number of benzene rings is 1. The minimum Gasteiger partial charge on any atom is -0.370 e. The molecule has 1 aliphatic heterocycles. The summed E-state index contributed by atoms with van der Waals surface area (Å²) in [7, 11) is 0. The molecule has 1 unspecified atom stereocenters. The molecule has 0 spiro atoms. The Kier molecular flexibility index (Phi) is 4.64. The van der Waals surface area contributed by atoms with Gasteiger partial charge in [-0.2, -0.15) is 0 Å². The first-order chi connectivity index (χ1) is 11.5. The van der Waals surface area contributed by atoms with Gasteiger partial charge in [0, 0.05) is 49.9 Å². The summed E-state index contributed by atoms with van der Waals surface area (Å²) in [6, 6.07) is 7.76. The van der Waals surface area contributed by atoms with Crippen LogP contribution in [0.3, 0.4) is 0 Å². The molecule has 3 rings (SSSR count). The highest BCUT2D eigenvalue weighted by molar-refractivity contribution is 5.95. The molecule has 24 heavy (non-hydrogen) atoms. The van der Waals surface area contributed by atoms with E-state index in [1.165, 1.54) is 0 Å². The molecule has 1 aliphatic rings. The molecule has 1 aromatic heterocycles. The average molecular weight is 326 g/mol. The SMILES string of the molecule is Cc1cccc(N(CCC(N)=O)C(=O)C2CCn3ccnc3C2)c1. The number of nitrogens with zero attached hydrogens (tertiary/aromatic N) is 3. The van der Waals surface area contributed by atoms with Crippen LogP contribution in [-0.4, -0.2) is 27.9 Å². The van der Waals surface area contributed by atoms with Gasteiger partial charge in [-0.25, -0.2) is 4.98 Å². The van der Waals surface area contributed by atoms with Gasteiger partial charge in [-0.3, -0.25) is 9.59 Å². The zero-order valence-electron chi connectivity index (χ0n) is 13.8. The topological polar surface area (TPSA) is 81.2 Å². The van der Waals surface area contributed by atoms with Crippen molar-refractivity contribution in [3.63, 3.8) is 0 Å². The molecule has 0 aliphatic carbocycles. The van der Waals surface area contributed by atoms with E-state index in [2.05, 4.69) is 9.55 Å². The fourth-order valence-electron chi connectivity index (χ4n) is 3.17. The van der Waals surface area contributed by atoms with Gasteiger partial charge in [0.1, 0.15) is 5.82 Å². The Balaban J connectivity index is 1.82. The summed E-state index contributed by atoms with van der Waals surface area (Å²) in [5, 5.41) is 0. The second-order valence-corrected chi connectivity index (χ2v) is 6.27. The molecule has 2 amide bonds. The van der Waals surface area contributed by atoms with Crippen LogP contribution in [-0.2, 0) is 22.6 Å². The van der Waals surface area contributed by atoms with Crippen LogP contribution in [0.4, 0.5) is 5.69 Å². The Bertz CT molecular complexity index is 753. The van der Waals surface area contributed by atoms with E-state index in [1.807, 2.05) is 37.4 Å². The maximum Gasteiger partial charge on any atom is 0.230 e. The van der Waals surface area contributed by atoms with Crippen LogP contribution in [0.25, 0.3) is 0 Å². The zero-order valence-corrected chi connectivity index (χ0v) is 13.8. The van der Waals surface area contributed by atoms with Crippen molar-refractivity contribution >= 4 is 17.5 Å². The summed E-state index contributed by atoms with van der Waals surface area (Å²) in [5.74, 6) is 0.461. The largest absolute Gasteiger partial charge is 0.370 e. The molecule has 0 radical (unpaired) electrons. The number of anilines is 1. The lowest BCUT2D eigenvalue weighted by atomic mass is 9.95. The van der Waals surface area contributed by atoms with Gasteiger partial charge in [-0.1, -0.05) is 12.1 Å². The number of fused-ring (bicyclic) bond motifs is 1. The molecule has 6 nitrogen and oxygen atoms in total. The van der Waals surface area contributed by atoms with Crippen molar-refractivity contribution in [1.29, 1.82) is 0 Å². The third kappa shape index (κ3) is 3.48. The van der Waals surface area contributed by atoms with Crippen molar-refractivity contribution in [3.05, 3.63) is 48.0 Å². The van der Waals surface area contributed by atoms with Crippen molar-refractivity contribution in [2.24, 2.45) is 11.7 Å². The van der Waals surface area contributed by atoms with Gasteiger partial charge in [-0.05, 0) is 31.0 Å². The fraction of sp³-hybridized carbons (Fsp3) is 0.389. The van der Waals surface area contributed by atoms with E-state index in [-0.39, 0.29) is 18.2 Å². The monoisotopic (exact) mass is 326 g/mol. The first-order valence-electron chi connectivity index (χ1n) is 8.21. The molecule has 0 saturated carbocycles. The molecule has 2 aromatic rings. The maximum atomic E-state index is 13.1. The van der Waals surface area contributed by atoms with E-state index in [4.69, 9.17) is 5.73 Å². The van der Waals surface area contributed by atoms with Crippen molar-refractivity contribution in [3.8, 4) is 0 Å². The molecule has 0 saturated heterocycles. The molecule has 1 atom stereocenters. The molecular weight excluding hydrogens is 304 g/mol. The van der Waals surface area contributed by atoms with Crippen molar-refractivity contribution < 1.29 is 9.59 Å². The summed E-state index contributed by atoms with van der Waals surface area (Å²) in [6.45, 7) is 3.09. The smallest absolute Gasteiger partial charge is 0.230 e. The van der Waals surface area contributed by atoms with Gasteiger partial charge in [0.2, 0.25) is 11.8 Å². The zero-order chi connectivity index (χ0) is 17.1. The summed E-state index contributed by atoms with van der Waals surface area (Å²) >= 11 is 0. The second-order valence-electron chi connectivity index (χ2n) is 6.27. The number of hydrogen-bond acceptors (Lipinski definition) is 3. The van der Waals surface area contributed by atoms with Gasteiger partial charge >= 0.3 is 0 Å². The van der Waals surface area contributed by atoms with E-state index < -0.39 is 5.91 Å². The van der Waals surface area contributed by atoms with Gasteiger partial charge in [0.05, 0.1) is 0 Å². The lowest BCUT2D eigenvalue weighted by Gasteiger charge is -2.30. The van der Waals surface area contributed by atoms with E-state index in [0.29, 0.717) is 13.0 Å². The van der Waals surface area contributed by atoms with Gasteiger partial charge in [0.25, 0.3) is 0 Å². The molecule has 2 N–H and O–H groups in total. The number of rotatable bonds is 5. The van der Waals surface area contributed by atoms with Crippen molar-refractivity contribution in [2.45, 2.75) is 32.7 Å². The average Bonchev–Trinajstić information content (AvgIpc) is 3.02. The Hall–Kier alpha value is -2.63. The third-order valence-electron chi connectivity index (χ3n) is 4.46. The minimum atomic E-state index is -0.403. The summed E-state index contributed by atoms with van der Waals surface area (Å²) < 4.78 is 2.09. The Morgan fingerprint density at radius 3 is 3.00 bits per heavy atom. The molecule has 0 bridgehead atoms. The highest BCUT2D eigenvalue weighted by Gasteiger charge is 2.29. The normalized spacial score (nSPS) is 16.5. The van der Waals surface area contributed by atoms with Crippen molar-refractivity contribution in [2.75, 3.05) is 11.4 Å². The van der Waals surface area contributed by atoms with E-state index in [9.17, 15) is 9.59 Å². The lowest BCUT2D eigenvalue weighted by molar-refractivity contribution is -0.123. The Labute approximate surface area is 141 Å². The lowest BCUT2D eigenvalue weighted by Crippen LogP contribution is -2.41. The fourth-order valence-corrected chi connectivity index (χ4v) is 3.17. The predicted octanol–water partition coefficient (Wildman–Crippen LogP) is 1.66.